The van der Waals surface area contributed by atoms with Gasteiger partial charge in [0.05, 0.1) is 12.2 Å². The van der Waals surface area contributed by atoms with E-state index in [4.69, 9.17) is 4.74 Å². The van der Waals surface area contributed by atoms with Crippen LogP contribution in [0.5, 0.6) is 0 Å². The summed E-state index contributed by atoms with van der Waals surface area (Å²) in [6, 6.07) is 0. The Hall–Kier alpha value is -0.0800. The Bertz CT molecular complexity index is 205. The first-order chi connectivity index (χ1) is 7.81. The van der Waals surface area contributed by atoms with Crippen molar-refractivity contribution >= 4 is 0 Å². The van der Waals surface area contributed by atoms with E-state index in [-0.39, 0.29) is 12.2 Å². The average Bonchev–Trinajstić information content (AvgIpc) is 2.29. The smallest absolute Gasteiger partial charge is 0.0985 e. The summed E-state index contributed by atoms with van der Waals surface area (Å²) in [7, 11) is 0. The van der Waals surface area contributed by atoms with Crippen LogP contribution in [0.1, 0.15) is 51.4 Å². The minimum atomic E-state index is -0.336. The van der Waals surface area contributed by atoms with E-state index in [1.54, 1.807) is 0 Å². The topological polar surface area (TPSA) is 29.1 Å². The zero-order valence-corrected chi connectivity index (χ0v) is 10.2. The Kier molecular flexibility index (Phi) is 4.66. The van der Waals surface area contributed by atoms with Crippen molar-refractivity contribution in [2.45, 2.75) is 63.6 Å². The van der Waals surface area contributed by atoms with Crippen LogP contribution in [0.4, 0.5) is 0 Å². The van der Waals surface area contributed by atoms with E-state index in [1.165, 1.54) is 19.3 Å². The van der Waals surface area contributed by atoms with Crippen molar-refractivity contribution in [1.82, 2.24) is 0 Å². The molecule has 2 nitrogen and oxygen atoms in total. The summed E-state index contributed by atoms with van der Waals surface area (Å²) < 4.78 is 5.91. The fourth-order valence-electron chi connectivity index (χ4n) is 3.26. The fraction of sp³-hybridized carbons (Fsp3) is 0.929. The molecule has 2 radical (unpaired) electrons. The number of ether oxygens (including phenoxy) is 1. The first-order valence-corrected chi connectivity index (χ1v) is 6.88. The summed E-state index contributed by atoms with van der Waals surface area (Å²) in [5.41, 5.74) is 0. The van der Waals surface area contributed by atoms with Crippen LogP contribution in [0.15, 0.2) is 0 Å². The van der Waals surface area contributed by atoms with Crippen molar-refractivity contribution in [2.75, 3.05) is 6.61 Å². The van der Waals surface area contributed by atoms with Crippen LogP contribution >= 0.6 is 0 Å². The van der Waals surface area contributed by atoms with Crippen molar-refractivity contribution in [2.24, 2.45) is 11.8 Å². The van der Waals surface area contributed by atoms with E-state index in [2.05, 4.69) is 6.92 Å². The molecule has 0 heterocycles. The van der Waals surface area contributed by atoms with E-state index in [0.717, 1.165) is 38.7 Å². The second-order valence-corrected chi connectivity index (χ2v) is 5.44. The van der Waals surface area contributed by atoms with Gasteiger partial charge in [0.15, 0.2) is 0 Å². The molecule has 4 atom stereocenters. The summed E-state index contributed by atoms with van der Waals surface area (Å²) in [4.78, 5) is 0. The van der Waals surface area contributed by atoms with Crippen LogP contribution in [-0.2, 0) is 9.84 Å². The van der Waals surface area contributed by atoms with Crippen LogP contribution in [-0.4, -0.2) is 18.8 Å². The summed E-state index contributed by atoms with van der Waals surface area (Å²) >= 11 is 0. The van der Waals surface area contributed by atoms with Crippen molar-refractivity contribution in [3.05, 3.63) is 6.92 Å². The minimum Gasteiger partial charge on any atom is -0.378 e. The summed E-state index contributed by atoms with van der Waals surface area (Å²) in [6.45, 7) is 4.68. The molecule has 0 aromatic carbocycles. The Labute approximate surface area is 99.4 Å². The number of hydrogen-bond donors (Lipinski definition) is 0. The van der Waals surface area contributed by atoms with Gasteiger partial charge in [-0.3, -0.25) is 0 Å². The van der Waals surface area contributed by atoms with Crippen molar-refractivity contribution in [3.63, 3.8) is 0 Å². The molecule has 16 heavy (non-hydrogen) atoms. The van der Waals surface area contributed by atoms with Gasteiger partial charge in [-0.25, -0.2) is 5.11 Å². The lowest BCUT2D eigenvalue weighted by atomic mass is 9.67. The van der Waals surface area contributed by atoms with Crippen LogP contribution in [0.3, 0.4) is 0 Å². The Morgan fingerprint density at radius 1 is 1.12 bits per heavy atom. The Morgan fingerprint density at radius 3 is 2.69 bits per heavy atom. The summed E-state index contributed by atoms with van der Waals surface area (Å²) in [5.74, 6) is 0.982. The number of hydrogen-bond acceptors (Lipinski definition) is 1. The minimum absolute atomic E-state index is 0.287. The Morgan fingerprint density at radius 2 is 2.00 bits per heavy atom. The molecule has 92 valence electrons. The molecule has 0 saturated heterocycles. The molecule has 2 bridgehead atoms. The molecule has 0 N–H and O–H groups in total. The summed E-state index contributed by atoms with van der Waals surface area (Å²) in [6.07, 6.45) is 8.96. The van der Waals surface area contributed by atoms with E-state index >= 15 is 0 Å². The largest absolute Gasteiger partial charge is 0.378 e. The van der Waals surface area contributed by atoms with Crippen LogP contribution in [0.2, 0.25) is 0 Å². The molecule has 0 spiro atoms. The van der Waals surface area contributed by atoms with E-state index in [9.17, 15) is 5.11 Å². The second kappa shape index (κ2) is 6.02. The van der Waals surface area contributed by atoms with Crippen molar-refractivity contribution in [3.8, 4) is 0 Å². The molecular formula is C14H24O2. The highest BCUT2D eigenvalue weighted by atomic mass is 16.5. The molecule has 0 aromatic rings. The highest BCUT2D eigenvalue weighted by Gasteiger charge is 2.42. The van der Waals surface area contributed by atoms with Gasteiger partial charge >= 0.3 is 0 Å². The third kappa shape index (κ3) is 2.98. The highest BCUT2D eigenvalue weighted by molar-refractivity contribution is 4.92. The van der Waals surface area contributed by atoms with Gasteiger partial charge in [0, 0.05) is 12.5 Å². The van der Waals surface area contributed by atoms with Gasteiger partial charge in [0.1, 0.15) is 0 Å². The predicted octanol–water partition coefficient (Wildman–Crippen LogP) is 3.39. The molecule has 4 unspecified atom stereocenters. The first kappa shape index (κ1) is 12.4. The molecule has 3 saturated carbocycles. The second-order valence-electron chi connectivity index (χ2n) is 5.44. The van der Waals surface area contributed by atoms with Crippen molar-refractivity contribution < 1.29 is 9.84 Å². The number of unbranched alkanes of at least 4 members (excludes halogenated alkanes) is 3. The van der Waals surface area contributed by atoms with Crippen LogP contribution in [0.25, 0.3) is 0 Å². The monoisotopic (exact) mass is 224 g/mol. The molecule has 3 fully saturated rings. The van der Waals surface area contributed by atoms with E-state index in [1.807, 2.05) is 0 Å². The van der Waals surface area contributed by atoms with Crippen LogP contribution in [0, 0.1) is 18.8 Å². The number of rotatable bonds is 6. The van der Waals surface area contributed by atoms with Crippen molar-refractivity contribution in [1.29, 1.82) is 0 Å². The van der Waals surface area contributed by atoms with Gasteiger partial charge in [-0.05, 0) is 38.0 Å². The Balaban J connectivity index is 1.66. The van der Waals surface area contributed by atoms with Gasteiger partial charge < -0.3 is 4.74 Å². The van der Waals surface area contributed by atoms with Crippen LogP contribution < -0.4 is 0 Å². The van der Waals surface area contributed by atoms with Gasteiger partial charge in [0.2, 0.25) is 0 Å². The van der Waals surface area contributed by atoms with Gasteiger partial charge in [-0.2, -0.15) is 0 Å². The molecule has 3 aliphatic rings. The normalized spacial score (nSPS) is 37.9. The maximum absolute atomic E-state index is 11.8. The first-order valence-electron chi connectivity index (χ1n) is 6.88. The molecular weight excluding hydrogens is 200 g/mol. The molecule has 0 amide bonds. The molecule has 0 aromatic heterocycles. The lowest BCUT2D eigenvalue weighted by Crippen LogP contribution is -2.45. The number of fused-ring (bicyclic) bond motifs is 3. The lowest BCUT2D eigenvalue weighted by Gasteiger charge is -2.44. The van der Waals surface area contributed by atoms with Gasteiger partial charge in [0.25, 0.3) is 0 Å². The average molecular weight is 224 g/mol. The third-order valence-electron chi connectivity index (χ3n) is 4.22. The molecule has 3 rings (SSSR count). The SMILES string of the molecule is [CH2]CCCCCOC1CC2CCC1C([O])C2. The quantitative estimate of drug-likeness (QED) is 0.636. The zero-order chi connectivity index (χ0) is 11.4. The summed E-state index contributed by atoms with van der Waals surface area (Å²) in [5, 5.41) is 11.8. The fourth-order valence-corrected chi connectivity index (χ4v) is 3.26. The molecule has 3 aliphatic carbocycles. The lowest BCUT2D eigenvalue weighted by molar-refractivity contribution is -0.131. The molecule has 2 heteroatoms. The maximum atomic E-state index is 11.8. The highest BCUT2D eigenvalue weighted by Crippen LogP contribution is 2.43. The zero-order valence-electron chi connectivity index (χ0n) is 10.2. The standard InChI is InChI=1S/C14H24O2/c1-2-3-4-5-8-16-14-10-11-6-7-12(14)13(15)9-11/h11-14H,1-10H2. The predicted molar refractivity (Wildman–Crippen MR) is 63.5 cm³/mol. The third-order valence-corrected chi connectivity index (χ3v) is 4.22. The molecule has 0 aliphatic heterocycles. The van der Waals surface area contributed by atoms with E-state index < -0.39 is 0 Å². The van der Waals surface area contributed by atoms with E-state index in [0.29, 0.717) is 11.8 Å². The van der Waals surface area contributed by atoms with Gasteiger partial charge in [-0.1, -0.05) is 26.2 Å². The maximum Gasteiger partial charge on any atom is 0.0985 e. The van der Waals surface area contributed by atoms with Gasteiger partial charge in [-0.15, -0.1) is 0 Å².